The fraction of sp³-hybridized carbons (Fsp3) is 0.438. The molecule has 0 aliphatic carbocycles. The van der Waals surface area contributed by atoms with Crippen LogP contribution in [0.5, 0.6) is 11.5 Å². The minimum atomic E-state index is -0.244. The van der Waals surface area contributed by atoms with E-state index in [1.807, 2.05) is 97.9 Å². The SMILES string of the molecule is CC.CC.COC(C)=C(C)C.COc1ccc(CCCNC(=O)c2ncoc2-c2ccc(OC)c(C)c2)cc1. The molecule has 0 aliphatic rings. The summed E-state index contributed by atoms with van der Waals surface area (Å²) in [5.74, 6) is 2.85. The van der Waals surface area contributed by atoms with E-state index in [1.54, 1.807) is 21.3 Å². The lowest BCUT2D eigenvalue weighted by Crippen LogP contribution is -2.25. The van der Waals surface area contributed by atoms with Crippen molar-refractivity contribution in [2.75, 3.05) is 27.9 Å². The summed E-state index contributed by atoms with van der Waals surface area (Å²) in [5.41, 5.74) is 4.48. The molecule has 1 heterocycles. The molecule has 1 aromatic heterocycles. The van der Waals surface area contributed by atoms with Gasteiger partial charge in [0.05, 0.1) is 27.1 Å². The monoisotopic (exact) mass is 540 g/mol. The van der Waals surface area contributed by atoms with Gasteiger partial charge in [0.2, 0.25) is 0 Å². The minimum Gasteiger partial charge on any atom is -0.501 e. The molecule has 0 atom stereocenters. The molecule has 0 saturated heterocycles. The number of allylic oxidation sites excluding steroid dienone is 2. The van der Waals surface area contributed by atoms with Crippen LogP contribution < -0.4 is 14.8 Å². The number of ether oxygens (including phenoxy) is 3. The maximum absolute atomic E-state index is 12.5. The maximum Gasteiger partial charge on any atom is 0.273 e. The normalized spacial score (nSPS) is 9.31. The van der Waals surface area contributed by atoms with Crippen LogP contribution in [0.3, 0.4) is 0 Å². The molecule has 2 aromatic carbocycles. The second kappa shape index (κ2) is 20.3. The molecule has 3 rings (SSSR count). The van der Waals surface area contributed by atoms with Gasteiger partial charge in [0.15, 0.2) is 17.8 Å². The number of benzene rings is 2. The molecule has 3 aromatic rings. The largest absolute Gasteiger partial charge is 0.501 e. The highest BCUT2D eigenvalue weighted by Crippen LogP contribution is 2.28. The molecule has 39 heavy (non-hydrogen) atoms. The van der Waals surface area contributed by atoms with Crippen LogP contribution in [-0.4, -0.2) is 38.8 Å². The van der Waals surface area contributed by atoms with E-state index in [-0.39, 0.29) is 11.6 Å². The zero-order valence-corrected chi connectivity index (χ0v) is 25.7. The lowest BCUT2D eigenvalue weighted by atomic mass is 10.1. The van der Waals surface area contributed by atoms with Crippen LogP contribution in [0.1, 0.15) is 76.5 Å². The molecule has 0 unspecified atom stereocenters. The van der Waals surface area contributed by atoms with Crippen LogP contribution in [0.25, 0.3) is 11.3 Å². The van der Waals surface area contributed by atoms with Crippen LogP contribution in [0.4, 0.5) is 0 Å². The Morgan fingerprint density at radius 1 is 0.923 bits per heavy atom. The number of hydrogen-bond donors (Lipinski definition) is 1. The Kier molecular flexibility index (Phi) is 18.3. The van der Waals surface area contributed by atoms with Crippen LogP contribution in [0.15, 0.2) is 64.6 Å². The van der Waals surface area contributed by atoms with Crippen LogP contribution >= 0.6 is 0 Å². The van der Waals surface area contributed by atoms with E-state index in [0.717, 1.165) is 41.2 Å². The highest BCUT2D eigenvalue weighted by molar-refractivity contribution is 5.97. The number of nitrogens with zero attached hydrogens (tertiary/aromatic N) is 1. The Bertz CT molecular complexity index is 1110. The van der Waals surface area contributed by atoms with Gasteiger partial charge in [-0.1, -0.05) is 39.8 Å². The number of methoxy groups -OCH3 is 3. The van der Waals surface area contributed by atoms with E-state index in [4.69, 9.17) is 18.6 Å². The molecule has 0 fully saturated rings. The standard InChI is InChI=1S/C22H24N2O4.C6H12O.2C2H6/c1-15-13-17(8-11-19(15)27-3)21-20(24-14-28-21)22(25)23-12-4-5-16-6-9-18(26-2)10-7-16;1-5(2)6(3)7-4;2*1-2/h6-11,13-14H,4-5,12H2,1-3H3,(H,23,25);1-4H3;2*1-2H3. The second-order valence-corrected chi connectivity index (χ2v) is 8.18. The van der Waals surface area contributed by atoms with E-state index in [0.29, 0.717) is 12.3 Å². The number of rotatable bonds is 9. The van der Waals surface area contributed by atoms with Crippen LogP contribution in [0, 0.1) is 6.92 Å². The number of carbonyl (C=O) groups is 1. The predicted molar refractivity (Wildman–Crippen MR) is 161 cm³/mol. The highest BCUT2D eigenvalue weighted by Gasteiger charge is 2.18. The zero-order chi connectivity index (χ0) is 29.8. The van der Waals surface area contributed by atoms with Gasteiger partial charge in [0.25, 0.3) is 5.91 Å². The first-order valence-electron chi connectivity index (χ1n) is 13.5. The highest BCUT2D eigenvalue weighted by atomic mass is 16.5. The van der Waals surface area contributed by atoms with Gasteiger partial charge in [-0.05, 0) is 87.6 Å². The number of amides is 1. The molecule has 0 radical (unpaired) electrons. The summed E-state index contributed by atoms with van der Waals surface area (Å²) >= 11 is 0. The molecular weight excluding hydrogens is 492 g/mol. The Morgan fingerprint density at radius 3 is 2.05 bits per heavy atom. The molecular formula is C32H48N2O5. The summed E-state index contributed by atoms with van der Waals surface area (Å²) in [5, 5.41) is 2.91. The number of nitrogens with one attached hydrogen (secondary N) is 1. The number of carbonyl (C=O) groups excluding carboxylic acids is 1. The van der Waals surface area contributed by atoms with Gasteiger partial charge in [-0.3, -0.25) is 4.79 Å². The van der Waals surface area contributed by atoms with Gasteiger partial charge in [-0.15, -0.1) is 0 Å². The van der Waals surface area contributed by atoms with E-state index < -0.39 is 0 Å². The first-order valence-corrected chi connectivity index (χ1v) is 13.5. The van der Waals surface area contributed by atoms with Crippen molar-refractivity contribution >= 4 is 5.91 Å². The van der Waals surface area contributed by atoms with E-state index >= 15 is 0 Å². The maximum atomic E-state index is 12.5. The first kappa shape index (κ1) is 35.3. The summed E-state index contributed by atoms with van der Waals surface area (Å²) < 4.78 is 20.8. The van der Waals surface area contributed by atoms with Gasteiger partial charge in [0, 0.05) is 12.1 Å². The smallest absolute Gasteiger partial charge is 0.273 e. The summed E-state index contributed by atoms with van der Waals surface area (Å²) in [4.78, 5) is 16.6. The average Bonchev–Trinajstić information content (AvgIpc) is 3.48. The number of aryl methyl sites for hydroxylation is 2. The van der Waals surface area contributed by atoms with E-state index in [1.165, 1.54) is 17.5 Å². The van der Waals surface area contributed by atoms with Crippen molar-refractivity contribution in [3.8, 4) is 22.8 Å². The molecule has 0 spiro atoms. The van der Waals surface area contributed by atoms with E-state index in [9.17, 15) is 4.79 Å². The number of hydrogen-bond acceptors (Lipinski definition) is 6. The Hall–Kier alpha value is -3.74. The van der Waals surface area contributed by atoms with Crippen molar-refractivity contribution in [3.63, 3.8) is 0 Å². The first-order chi connectivity index (χ1) is 18.8. The van der Waals surface area contributed by atoms with Gasteiger partial charge in [0.1, 0.15) is 11.5 Å². The Balaban J connectivity index is 0.00000113. The molecule has 7 heteroatoms. The summed E-state index contributed by atoms with van der Waals surface area (Å²) in [6, 6.07) is 13.6. The number of aromatic nitrogens is 1. The van der Waals surface area contributed by atoms with Crippen molar-refractivity contribution in [1.29, 1.82) is 0 Å². The predicted octanol–water partition coefficient (Wildman–Crippen LogP) is 8.03. The third-order valence-electron chi connectivity index (χ3n) is 5.54. The van der Waals surface area contributed by atoms with E-state index in [2.05, 4.69) is 10.3 Å². The topological polar surface area (TPSA) is 82.8 Å². The quantitative estimate of drug-likeness (QED) is 0.218. The van der Waals surface area contributed by atoms with Crippen molar-refractivity contribution in [1.82, 2.24) is 10.3 Å². The molecule has 0 aliphatic heterocycles. The van der Waals surface area contributed by atoms with Gasteiger partial charge in [-0.2, -0.15) is 0 Å². The third-order valence-corrected chi connectivity index (χ3v) is 5.54. The molecule has 0 bridgehead atoms. The molecule has 7 nitrogen and oxygen atoms in total. The van der Waals surface area contributed by atoms with Crippen LogP contribution in [0.2, 0.25) is 0 Å². The molecule has 216 valence electrons. The second-order valence-electron chi connectivity index (χ2n) is 8.18. The molecule has 0 saturated carbocycles. The summed E-state index contributed by atoms with van der Waals surface area (Å²) in [6.45, 7) is 16.5. The van der Waals surface area contributed by atoms with Gasteiger partial charge >= 0.3 is 0 Å². The van der Waals surface area contributed by atoms with Crippen molar-refractivity contribution in [2.24, 2.45) is 0 Å². The Morgan fingerprint density at radius 2 is 1.56 bits per heavy atom. The zero-order valence-electron chi connectivity index (χ0n) is 25.7. The third kappa shape index (κ3) is 12.1. The minimum absolute atomic E-state index is 0.244. The molecule has 1 N–H and O–H groups in total. The fourth-order valence-corrected chi connectivity index (χ4v) is 3.21. The molecule has 1 amide bonds. The number of oxazole rings is 1. The summed E-state index contributed by atoms with van der Waals surface area (Å²) in [7, 11) is 4.96. The van der Waals surface area contributed by atoms with Gasteiger partial charge < -0.3 is 23.9 Å². The fourth-order valence-electron chi connectivity index (χ4n) is 3.21. The lowest BCUT2D eigenvalue weighted by molar-refractivity contribution is 0.0949. The van der Waals surface area contributed by atoms with Gasteiger partial charge in [-0.25, -0.2) is 4.98 Å². The lowest BCUT2D eigenvalue weighted by Gasteiger charge is -2.08. The average molecular weight is 541 g/mol. The van der Waals surface area contributed by atoms with Crippen molar-refractivity contribution in [2.45, 2.75) is 68.2 Å². The van der Waals surface area contributed by atoms with Crippen LogP contribution in [-0.2, 0) is 11.2 Å². The van der Waals surface area contributed by atoms with Crippen molar-refractivity contribution in [3.05, 3.63) is 77.0 Å². The Labute approximate surface area is 235 Å². The summed E-state index contributed by atoms with van der Waals surface area (Å²) in [6.07, 6.45) is 2.99. The van der Waals surface area contributed by atoms with Crippen molar-refractivity contribution < 1.29 is 23.4 Å².